The van der Waals surface area contributed by atoms with Gasteiger partial charge < -0.3 is 14.5 Å². The minimum Gasteiger partial charge on any atom is -0.492 e. The van der Waals surface area contributed by atoms with E-state index in [0.717, 1.165) is 11.4 Å². The molecule has 0 unspecified atom stereocenters. The molecular weight excluding hydrogens is 368 g/mol. The van der Waals surface area contributed by atoms with Crippen LogP contribution in [0, 0.1) is 0 Å². The molecule has 7 heteroatoms. The average molecular weight is 392 g/mol. The Hall–Kier alpha value is -3.35. The predicted molar refractivity (Wildman–Crippen MR) is 113 cm³/mol. The third-order valence-electron chi connectivity index (χ3n) is 5.23. The molecule has 7 nitrogen and oxygen atoms in total. The van der Waals surface area contributed by atoms with Gasteiger partial charge in [0.1, 0.15) is 5.75 Å². The number of amides is 1. The maximum atomic E-state index is 13.2. The highest BCUT2D eigenvalue weighted by Crippen LogP contribution is 2.29. The third-order valence-corrected chi connectivity index (χ3v) is 5.23. The molecular formula is C22H24N4O3. The predicted octanol–water partition coefficient (Wildman–Crippen LogP) is 2.29. The van der Waals surface area contributed by atoms with Gasteiger partial charge >= 0.3 is 0 Å². The molecule has 0 atom stereocenters. The number of fused-ring (bicyclic) bond motifs is 1. The number of nitrogens with zero attached hydrogens (tertiary/aromatic N) is 4. The average Bonchev–Trinajstić information content (AvgIpc) is 2.76. The molecule has 29 heavy (non-hydrogen) atoms. The lowest BCUT2D eigenvalue weighted by Gasteiger charge is -2.36. The molecule has 1 fully saturated rings. The molecule has 0 spiro atoms. The monoisotopic (exact) mass is 392 g/mol. The number of para-hydroxylation sites is 2. The van der Waals surface area contributed by atoms with Gasteiger partial charge in [0.15, 0.2) is 5.69 Å². The Balaban J connectivity index is 1.56. The summed E-state index contributed by atoms with van der Waals surface area (Å²) >= 11 is 0. The Labute approximate surface area is 169 Å². The van der Waals surface area contributed by atoms with Gasteiger partial charge in [-0.15, -0.1) is 0 Å². The van der Waals surface area contributed by atoms with Gasteiger partial charge in [-0.05, 0) is 25.1 Å². The van der Waals surface area contributed by atoms with E-state index in [-0.39, 0.29) is 11.5 Å². The summed E-state index contributed by atoms with van der Waals surface area (Å²) in [5.41, 5.74) is 1.17. The molecule has 0 radical (unpaired) electrons. The lowest BCUT2D eigenvalue weighted by atomic mass is 10.1. The zero-order chi connectivity index (χ0) is 20.4. The first-order valence-corrected chi connectivity index (χ1v) is 9.82. The van der Waals surface area contributed by atoms with Crippen LogP contribution in [0.4, 0.5) is 5.69 Å². The molecule has 0 saturated carbocycles. The van der Waals surface area contributed by atoms with E-state index in [1.54, 1.807) is 30.1 Å². The Morgan fingerprint density at radius 3 is 2.38 bits per heavy atom. The van der Waals surface area contributed by atoms with Crippen molar-refractivity contribution >= 4 is 22.4 Å². The van der Waals surface area contributed by atoms with Crippen LogP contribution in [0.3, 0.4) is 0 Å². The van der Waals surface area contributed by atoms with Gasteiger partial charge in [-0.1, -0.05) is 30.3 Å². The number of benzene rings is 2. The molecule has 2 heterocycles. The van der Waals surface area contributed by atoms with Gasteiger partial charge in [0.2, 0.25) is 0 Å². The van der Waals surface area contributed by atoms with Crippen LogP contribution in [-0.2, 0) is 7.05 Å². The summed E-state index contributed by atoms with van der Waals surface area (Å²) in [7, 11) is 1.58. The van der Waals surface area contributed by atoms with E-state index in [1.807, 2.05) is 37.3 Å². The van der Waals surface area contributed by atoms with Gasteiger partial charge in [0.25, 0.3) is 11.5 Å². The second-order valence-corrected chi connectivity index (χ2v) is 7.00. The summed E-state index contributed by atoms with van der Waals surface area (Å²) < 4.78 is 6.98. The molecule has 1 aromatic heterocycles. The van der Waals surface area contributed by atoms with Crippen molar-refractivity contribution in [3.63, 3.8) is 0 Å². The van der Waals surface area contributed by atoms with Gasteiger partial charge in [0.05, 0.1) is 17.7 Å². The van der Waals surface area contributed by atoms with Crippen LogP contribution >= 0.6 is 0 Å². The molecule has 1 saturated heterocycles. The van der Waals surface area contributed by atoms with E-state index >= 15 is 0 Å². The number of piperazine rings is 1. The van der Waals surface area contributed by atoms with E-state index < -0.39 is 0 Å². The zero-order valence-electron chi connectivity index (χ0n) is 16.7. The lowest BCUT2D eigenvalue weighted by molar-refractivity contribution is 0.0740. The lowest BCUT2D eigenvalue weighted by Crippen LogP contribution is -2.49. The fraction of sp³-hybridized carbons (Fsp3) is 0.318. The number of anilines is 1. The number of aromatic nitrogens is 2. The minimum absolute atomic E-state index is 0.144. The van der Waals surface area contributed by atoms with Crippen molar-refractivity contribution in [2.24, 2.45) is 7.05 Å². The summed E-state index contributed by atoms with van der Waals surface area (Å²) in [6, 6.07) is 15.1. The van der Waals surface area contributed by atoms with Crippen LogP contribution in [0.2, 0.25) is 0 Å². The largest absolute Gasteiger partial charge is 0.492 e. The van der Waals surface area contributed by atoms with Crippen molar-refractivity contribution in [1.82, 2.24) is 14.7 Å². The molecule has 1 aliphatic rings. The summed E-state index contributed by atoms with van der Waals surface area (Å²) in [5, 5.41) is 5.38. The Morgan fingerprint density at radius 2 is 1.66 bits per heavy atom. The third kappa shape index (κ3) is 3.55. The van der Waals surface area contributed by atoms with E-state index in [4.69, 9.17) is 4.74 Å². The topological polar surface area (TPSA) is 67.7 Å². The summed E-state index contributed by atoms with van der Waals surface area (Å²) in [4.78, 5) is 29.6. The number of aryl methyl sites for hydroxylation is 1. The number of hydrogen-bond acceptors (Lipinski definition) is 5. The van der Waals surface area contributed by atoms with Crippen molar-refractivity contribution in [2.45, 2.75) is 6.92 Å². The van der Waals surface area contributed by atoms with E-state index in [0.29, 0.717) is 49.3 Å². The van der Waals surface area contributed by atoms with Crippen LogP contribution in [-0.4, -0.2) is 53.4 Å². The highest BCUT2D eigenvalue weighted by atomic mass is 16.5. The number of hydrogen-bond donors (Lipinski definition) is 0. The summed E-state index contributed by atoms with van der Waals surface area (Å²) in [5.74, 6) is 0.718. The van der Waals surface area contributed by atoms with Crippen molar-refractivity contribution in [3.05, 3.63) is 64.6 Å². The number of rotatable bonds is 4. The van der Waals surface area contributed by atoms with Crippen LogP contribution in [0.5, 0.6) is 5.75 Å². The van der Waals surface area contributed by atoms with Crippen molar-refractivity contribution < 1.29 is 9.53 Å². The van der Waals surface area contributed by atoms with E-state index in [1.165, 1.54) is 4.68 Å². The highest BCUT2D eigenvalue weighted by molar-refractivity contribution is 6.04. The summed E-state index contributed by atoms with van der Waals surface area (Å²) in [6.07, 6.45) is 0. The Bertz CT molecular complexity index is 1100. The molecule has 4 rings (SSSR count). The number of carbonyl (C=O) groups excluding carboxylic acids is 1. The van der Waals surface area contributed by atoms with Gasteiger partial charge in [0, 0.05) is 38.6 Å². The van der Waals surface area contributed by atoms with Crippen molar-refractivity contribution in [3.8, 4) is 5.75 Å². The van der Waals surface area contributed by atoms with Crippen LogP contribution in [0.25, 0.3) is 10.8 Å². The first kappa shape index (κ1) is 19.0. The maximum Gasteiger partial charge on any atom is 0.275 e. The quantitative estimate of drug-likeness (QED) is 0.682. The number of ether oxygens (including phenoxy) is 1. The number of carbonyl (C=O) groups is 1. The molecule has 1 amide bonds. The molecule has 3 aromatic rings. The van der Waals surface area contributed by atoms with Gasteiger partial charge in [-0.25, -0.2) is 4.68 Å². The standard InChI is InChI=1S/C22H24N4O3/c1-3-29-19-11-7-6-10-18(19)25-12-14-26(15-13-25)22(28)20-16-8-4-5-9-17(16)21(27)24(2)23-20/h4-11H,3,12-15H2,1-2H3. The molecule has 0 aliphatic carbocycles. The summed E-state index contributed by atoms with van der Waals surface area (Å²) in [6.45, 7) is 5.16. The maximum absolute atomic E-state index is 13.2. The SMILES string of the molecule is CCOc1ccccc1N1CCN(C(=O)c2nn(C)c(=O)c3ccccc23)CC1. The second-order valence-electron chi connectivity index (χ2n) is 7.00. The normalized spacial score (nSPS) is 14.3. The molecule has 2 aromatic carbocycles. The van der Waals surface area contributed by atoms with Gasteiger partial charge in [-0.2, -0.15) is 5.10 Å². The van der Waals surface area contributed by atoms with Crippen molar-refractivity contribution in [2.75, 3.05) is 37.7 Å². The van der Waals surface area contributed by atoms with E-state index in [2.05, 4.69) is 10.00 Å². The van der Waals surface area contributed by atoms with Gasteiger partial charge in [-0.3, -0.25) is 9.59 Å². The van der Waals surface area contributed by atoms with Crippen LogP contribution in [0.1, 0.15) is 17.4 Å². The fourth-order valence-corrected chi connectivity index (χ4v) is 3.75. The first-order chi connectivity index (χ1) is 14.1. The molecule has 1 aliphatic heterocycles. The van der Waals surface area contributed by atoms with Crippen molar-refractivity contribution in [1.29, 1.82) is 0 Å². The minimum atomic E-state index is -0.200. The highest BCUT2D eigenvalue weighted by Gasteiger charge is 2.26. The zero-order valence-corrected chi connectivity index (χ0v) is 16.7. The molecule has 150 valence electrons. The fourth-order valence-electron chi connectivity index (χ4n) is 3.75. The van der Waals surface area contributed by atoms with Crippen LogP contribution in [0.15, 0.2) is 53.3 Å². The molecule has 0 bridgehead atoms. The smallest absolute Gasteiger partial charge is 0.275 e. The Morgan fingerprint density at radius 1 is 1.00 bits per heavy atom. The first-order valence-electron chi connectivity index (χ1n) is 9.82. The second kappa shape index (κ2) is 7.95. The molecule has 0 N–H and O–H groups in total. The Kier molecular flexibility index (Phi) is 5.20. The van der Waals surface area contributed by atoms with E-state index in [9.17, 15) is 9.59 Å². The van der Waals surface area contributed by atoms with Crippen LogP contribution < -0.4 is 15.2 Å².